The molecule has 2 N–H and O–H groups in total. The van der Waals surface area contributed by atoms with Crippen LogP contribution < -0.4 is 15.4 Å². The molecule has 3 rings (SSSR count). The lowest BCUT2D eigenvalue weighted by Crippen LogP contribution is -2.27. The minimum absolute atomic E-state index is 0.390. The summed E-state index contributed by atoms with van der Waals surface area (Å²) in [7, 11) is 0. The first-order chi connectivity index (χ1) is 11.7. The second kappa shape index (κ2) is 8.15. The third-order valence-electron chi connectivity index (χ3n) is 4.25. The van der Waals surface area contributed by atoms with Crippen molar-refractivity contribution in [2.75, 3.05) is 5.32 Å². The lowest BCUT2D eigenvalue weighted by molar-refractivity contribution is 0.210. The van der Waals surface area contributed by atoms with Crippen molar-refractivity contribution in [2.45, 2.75) is 45.3 Å². The molecule has 0 atom stereocenters. The number of thiocarbonyl (C=S) groups is 1. The van der Waals surface area contributed by atoms with Crippen molar-refractivity contribution in [2.24, 2.45) is 0 Å². The Bertz CT molecular complexity index is 678. The number of hydrogen-bond donors (Lipinski definition) is 2. The lowest BCUT2D eigenvalue weighted by atomic mass is 10.1. The molecule has 1 saturated carbocycles. The quantitative estimate of drug-likeness (QED) is 0.766. The Morgan fingerprint density at radius 3 is 2.58 bits per heavy atom. The van der Waals surface area contributed by atoms with E-state index in [2.05, 4.69) is 41.8 Å². The normalized spacial score (nSPS) is 14.4. The predicted molar refractivity (Wildman–Crippen MR) is 104 cm³/mol. The van der Waals surface area contributed by atoms with Gasteiger partial charge in [0.05, 0.1) is 6.10 Å². The molecule has 0 bridgehead atoms. The zero-order valence-corrected chi connectivity index (χ0v) is 14.9. The smallest absolute Gasteiger partial charge is 0.171 e. The molecule has 0 spiro atoms. The van der Waals surface area contributed by atoms with Gasteiger partial charge in [-0.1, -0.05) is 29.8 Å². The molecule has 4 heteroatoms. The molecule has 126 valence electrons. The summed E-state index contributed by atoms with van der Waals surface area (Å²) in [4.78, 5) is 0. The summed E-state index contributed by atoms with van der Waals surface area (Å²) in [6, 6.07) is 16.4. The Labute approximate surface area is 149 Å². The van der Waals surface area contributed by atoms with Crippen molar-refractivity contribution in [1.82, 2.24) is 5.32 Å². The zero-order chi connectivity index (χ0) is 16.8. The highest BCUT2D eigenvalue weighted by Crippen LogP contribution is 2.24. The van der Waals surface area contributed by atoms with Crippen molar-refractivity contribution in [1.29, 1.82) is 0 Å². The van der Waals surface area contributed by atoms with E-state index in [1.54, 1.807) is 0 Å². The zero-order valence-electron chi connectivity index (χ0n) is 14.0. The van der Waals surface area contributed by atoms with E-state index in [-0.39, 0.29) is 0 Å². The molecule has 2 aromatic rings. The molecule has 0 amide bonds. The fourth-order valence-electron chi connectivity index (χ4n) is 3.00. The van der Waals surface area contributed by atoms with Crippen LogP contribution in [0.15, 0.2) is 48.5 Å². The molecule has 24 heavy (non-hydrogen) atoms. The van der Waals surface area contributed by atoms with Crippen LogP contribution in [-0.4, -0.2) is 11.2 Å². The van der Waals surface area contributed by atoms with E-state index in [1.165, 1.54) is 36.8 Å². The summed E-state index contributed by atoms with van der Waals surface area (Å²) in [6.45, 7) is 2.81. The third-order valence-corrected chi connectivity index (χ3v) is 4.50. The van der Waals surface area contributed by atoms with Crippen LogP contribution in [-0.2, 0) is 6.54 Å². The Balaban J connectivity index is 1.47. The summed E-state index contributed by atoms with van der Waals surface area (Å²) in [5, 5.41) is 7.08. The van der Waals surface area contributed by atoms with Gasteiger partial charge in [-0.05, 0) is 74.7 Å². The maximum atomic E-state index is 5.98. The van der Waals surface area contributed by atoms with Gasteiger partial charge in [0.15, 0.2) is 5.11 Å². The second-order valence-corrected chi connectivity index (χ2v) is 6.75. The van der Waals surface area contributed by atoms with E-state index in [0.717, 1.165) is 18.0 Å². The van der Waals surface area contributed by atoms with Gasteiger partial charge in [-0.15, -0.1) is 0 Å². The topological polar surface area (TPSA) is 33.3 Å². The summed E-state index contributed by atoms with van der Waals surface area (Å²) in [6.07, 6.45) is 5.30. The summed E-state index contributed by atoms with van der Waals surface area (Å²) in [5.74, 6) is 0.936. The van der Waals surface area contributed by atoms with E-state index in [4.69, 9.17) is 17.0 Å². The van der Waals surface area contributed by atoms with Crippen LogP contribution in [0.4, 0.5) is 5.69 Å². The van der Waals surface area contributed by atoms with Gasteiger partial charge in [-0.3, -0.25) is 0 Å². The first-order valence-electron chi connectivity index (χ1n) is 8.56. The fraction of sp³-hybridized carbons (Fsp3) is 0.350. The number of ether oxygens (including phenoxy) is 1. The molecule has 1 fully saturated rings. The van der Waals surface area contributed by atoms with Crippen LogP contribution in [0.3, 0.4) is 0 Å². The number of aryl methyl sites for hydroxylation is 1. The first-order valence-corrected chi connectivity index (χ1v) is 8.97. The minimum atomic E-state index is 0.390. The maximum Gasteiger partial charge on any atom is 0.171 e. The number of anilines is 1. The monoisotopic (exact) mass is 340 g/mol. The summed E-state index contributed by atoms with van der Waals surface area (Å²) < 4.78 is 5.98. The van der Waals surface area contributed by atoms with Gasteiger partial charge in [-0.2, -0.15) is 0 Å². The van der Waals surface area contributed by atoms with E-state index >= 15 is 0 Å². The molecule has 0 aliphatic heterocycles. The van der Waals surface area contributed by atoms with Crippen LogP contribution >= 0.6 is 12.2 Å². The number of nitrogens with one attached hydrogen (secondary N) is 2. The highest BCUT2D eigenvalue weighted by Gasteiger charge is 2.16. The highest BCUT2D eigenvalue weighted by atomic mass is 32.1. The molecule has 0 saturated heterocycles. The fourth-order valence-corrected chi connectivity index (χ4v) is 3.19. The predicted octanol–water partition coefficient (Wildman–Crippen LogP) is 4.80. The van der Waals surface area contributed by atoms with Crippen molar-refractivity contribution < 1.29 is 4.74 Å². The summed E-state index contributed by atoms with van der Waals surface area (Å²) >= 11 is 5.36. The summed E-state index contributed by atoms with van der Waals surface area (Å²) in [5.41, 5.74) is 3.45. The molecule has 1 aliphatic rings. The Morgan fingerprint density at radius 2 is 1.88 bits per heavy atom. The van der Waals surface area contributed by atoms with E-state index in [9.17, 15) is 0 Å². The van der Waals surface area contributed by atoms with Crippen LogP contribution in [0, 0.1) is 6.92 Å². The van der Waals surface area contributed by atoms with Crippen molar-refractivity contribution >= 4 is 23.0 Å². The molecule has 0 unspecified atom stereocenters. The SMILES string of the molecule is Cc1cccc(CNC(=S)Nc2ccc(OC3CCCC3)cc2)c1. The van der Waals surface area contributed by atoms with E-state index < -0.39 is 0 Å². The van der Waals surface area contributed by atoms with Gasteiger partial charge < -0.3 is 15.4 Å². The molecule has 0 aromatic heterocycles. The standard InChI is InChI=1S/C20H24N2OS/c1-15-5-4-6-16(13-15)14-21-20(24)22-17-9-11-19(12-10-17)23-18-7-2-3-8-18/h4-6,9-13,18H,2-3,7-8,14H2,1H3,(H2,21,22,24). The minimum Gasteiger partial charge on any atom is -0.490 e. The second-order valence-electron chi connectivity index (χ2n) is 6.35. The van der Waals surface area contributed by atoms with Crippen LogP contribution in [0.5, 0.6) is 5.75 Å². The van der Waals surface area contributed by atoms with Gasteiger partial charge in [0, 0.05) is 12.2 Å². The van der Waals surface area contributed by atoms with Gasteiger partial charge in [0.2, 0.25) is 0 Å². The van der Waals surface area contributed by atoms with Gasteiger partial charge in [0.1, 0.15) is 5.75 Å². The molecule has 3 nitrogen and oxygen atoms in total. The number of benzene rings is 2. The van der Waals surface area contributed by atoms with E-state index in [0.29, 0.717) is 11.2 Å². The Hall–Kier alpha value is -2.07. The van der Waals surface area contributed by atoms with Crippen LogP contribution in [0.2, 0.25) is 0 Å². The first kappa shape index (κ1) is 16.8. The van der Waals surface area contributed by atoms with Crippen molar-refractivity contribution in [3.63, 3.8) is 0 Å². The molecular weight excluding hydrogens is 316 g/mol. The maximum absolute atomic E-state index is 5.98. The Morgan fingerprint density at radius 1 is 1.12 bits per heavy atom. The number of rotatable bonds is 5. The molecule has 0 heterocycles. The average Bonchev–Trinajstić information content (AvgIpc) is 3.08. The van der Waals surface area contributed by atoms with Crippen molar-refractivity contribution in [3.8, 4) is 5.75 Å². The molecular formula is C20H24N2OS. The van der Waals surface area contributed by atoms with Crippen LogP contribution in [0.25, 0.3) is 0 Å². The molecule has 1 aliphatic carbocycles. The van der Waals surface area contributed by atoms with Crippen LogP contribution in [0.1, 0.15) is 36.8 Å². The highest BCUT2D eigenvalue weighted by molar-refractivity contribution is 7.80. The number of hydrogen-bond acceptors (Lipinski definition) is 2. The van der Waals surface area contributed by atoms with Gasteiger partial charge in [0.25, 0.3) is 0 Å². The van der Waals surface area contributed by atoms with Crippen molar-refractivity contribution in [3.05, 3.63) is 59.7 Å². The largest absolute Gasteiger partial charge is 0.490 e. The van der Waals surface area contributed by atoms with Gasteiger partial charge in [-0.25, -0.2) is 0 Å². The molecule has 0 radical (unpaired) electrons. The average molecular weight is 340 g/mol. The third kappa shape index (κ3) is 4.96. The Kier molecular flexibility index (Phi) is 5.70. The van der Waals surface area contributed by atoms with Gasteiger partial charge >= 0.3 is 0 Å². The molecule has 2 aromatic carbocycles. The lowest BCUT2D eigenvalue weighted by Gasteiger charge is -2.14. The van der Waals surface area contributed by atoms with E-state index in [1.807, 2.05) is 24.3 Å².